The summed E-state index contributed by atoms with van der Waals surface area (Å²) < 4.78 is 0. The zero-order valence-electron chi connectivity index (χ0n) is 14.3. The van der Waals surface area contributed by atoms with Crippen molar-refractivity contribution in [2.45, 2.75) is 30.9 Å². The first-order valence-corrected chi connectivity index (χ1v) is 9.91. The summed E-state index contributed by atoms with van der Waals surface area (Å²) in [7, 11) is 0. The number of carbonyl (C=O) groups excluding carboxylic acids is 1. The summed E-state index contributed by atoms with van der Waals surface area (Å²) in [5.41, 5.74) is 0.0767. The molecule has 0 unspecified atom stereocenters. The highest BCUT2D eigenvalue weighted by Gasteiger charge is 2.47. The van der Waals surface area contributed by atoms with Gasteiger partial charge in [-0.1, -0.05) is 36.4 Å². The molecule has 0 saturated carbocycles. The summed E-state index contributed by atoms with van der Waals surface area (Å²) in [6, 6.07) is 13.7. The third-order valence-corrected chi connectivity index (χ3v) is 6.44. The average molecular weight is 356 g/mol. The lowest BCUT2D eigenvalue weighted by Gasteiger charge is -2.48. The van der Waals surface area contributed by atoms with Gasteiger partial charge >= 0.3 is 0 Å². The van der Waals surface area contributed by atoms with Crippen LogP contribution in [0.2, 0.25) is 0 Å². The first-order valence-electron chi connectivity index (χ1n) is 9.03. The predicted molar refractivity (Wildman–Crippen MR) is 99.8 cm³/mol. The Morgan fingerprint density at radius 2 is 1.84 bits per heavy atom. The van der Waals surface area contributed by atoms with Gasteiger partial charge in [-0.2, -0.15) is 0 Å². The van der Waals surface area contributed by atoms with Crippen LogP contribution in [0, 0.1) is 0 Å². The molecule has 0 spiro atoms. The highest BCUT2D eigenvalue weighted by molar-refractivity contribution is 7.12. The second-order valence-electron chi connectivity index (χ2n) is 7.03. The van der Waals surface area contributed by atoms with Crippen LogP contribution in [0.1, 0.15) is 34.5 Å². The summed E-state index contributed by atoms with van der Waals surface area (Å²) in [5.74, 6) is 0.0920. The highest BCUT2D eigenvalue weighted by atomic mass is 32.1. The van der Waals surface area contributed by atoms with Crippen LogP contribution < -0.4 is 0 Å². The van der Waals surface area contributed by atoms with Crippen molar-refractivity contribution >= 4 is 17.2 Å². The minimum absolute atomic E-state index is 0.0462. The van der Waals surface area contributed by atoms with Gasteiger partial charge in [0.05, 0.1) is 10.9 Å². The molecule has 2 saturated heterocycles. The van der Waals surface area contributed by atoms with E-state index >= 15 is 0 Å². The normalized spacial score (nSPS) is 27.6. The van der Waals surface area contributed by atoms with Crippen molar-refractivity contribution in [1.82, 2.24) is 9.80 Å². The maximum Gasteiger partial charge on any atom is 0.263 e. The van der Waals surface area contributed by atoms with E-state index in [1.807, 2.05) is 52.7 Å². The molecular weight excluding hydrogens is 332 g/mol. The van der Waals surface area contributed by atoms with Gasteiger partial charge in [0.2, 0.25) is 0 Å². The number of amides is 1. The molecule has 2 aliphatic heterocycles. The maximum atomic E-state index is 12.8. The fourth-order valence-electron chi connectivity index (χ4n) is 4.20. The van der Waals surface area contributed by atoms with Crippen LogP contribution in [0.4, 0.5) is 0 Å². The molecule has 0 aliphatic carbocycles. The number of benzene rings is 1. The number of hydrogen-bond acceptors (Lipinski definition) is 4. The third kappa shape index (κ3) is 3.12. The molecule has 1 aromatic carbocycles. The summed E-state index contributed by atoms with van der Waals surface area (Å²) in [5, 5.41) is 13.6. The summed E-state index contributed by atoms with van der Waals surface area (Å²) in [6.45, 7) is 3.18. The zero-order chi connectivity index (χ0) is 17.3. The van der Waals surface area contributed by atoms with E-state index in [2.05, 4.69) is 4.90 Å². The van der Waals surface area contributed by atoms with Crippen molar-refractivity contribution in [3.8, 4) is 0 Å². The first-order chi connectivity index (χ1) is 12.2. The van der Waals surface area contributed by atoms with E-state index in [4.69, 9.17) is 0 Å². The largest absolute Gasteiger partial charge is 0.383 e. The Balaban J connectivity index is 1.62. The Labute approximate surface area is 152 Å². The fraction of sp³-hybridized carbons (Fsp3) is 0.450. The Kier molecular flexibility index (Phi) is 4.63. The summed E-state index contributed by atoms with van der Waals surface area (Å²) in [6.07, 6.45) is 2.91. The lowest BCUT2D eigenvalue weighted by atomic mass is 9.79. The van der Waals surface area contributed by atoms with E-state index in [1.54, 1.807) is 0 Å². The number of thiophene rings is 1. The SMILES string of the molecule is O=C(c1cccs1)N1CC[C@](O)(c2ccccc2)[C@H](N2CCCC2)C1. The van der Waals surface area contributed by atoms with E-state index in [9.17, 15) is 9.90 Å². The molecular formula is C20H24N2O2S. The molecule has 2 fully saturated rings. The lowest BCUT2D eigenvalue weighted by molar-refractivity contribution is -0.0877. The van der Waals surface area contributed by atoms with Crippen LogP contribution in [0.3, 0.4) is 0 Å². The minimum Gasteiger partial charge on any atom is -0.383 e. The highest BCUT2D eigenvalue weighted by Crippen LogP contribution is 2.37. The van der Waals surface area contributed by atoms with Crippen molar-refractivity contribution in [1.29, 1.82) is 0 Å². The van der Waals surface area contributed by atoms with Crippen LogP contribution in [-0.2, 0) is 5.60 Å². The van der Waals surface area contributed by atoms with Crippen LogP contribution >= 0.6 is 11.3 Å². The molecule has 25 heavy (non-hydrogen) atoms. The average Bonchev–Trinajstić information content (AvgIpc) is 3.36. The van der Waals surface area contributed by atoms with Gasteiger partial charge in [0.25, 0.3) is 5.91 Å². The Hall–Kier alpha value is -1.69. The smallest absolute Gasteiger partial charge is 0.263 e. The zero-order valence-corrected chi connectivity index (χ0v) is 15.1. The molecule has 1 aromatic heterocycles. The molecule has 2 aliphatic rings. The molecule has 4 rings (SSSR count). The van der Waals surface area contributed by atoms with Crippen molar-refractivity contribution in [2.75, 3.05) is 26.2 Å². The number of rotatable bonds is 3. The van der Waals surface area contributed by atoms with Crippen LogP contribution in [0.25, 0.3) is 0 Å². The molecule has 1 amide bonds. The molecule has 3 heterocycles. The van der Waals surface area contributed by atoms with Gasteiger partial charge < -0.3 is 10.0 Å². The second-order valence-corrected chi connectivity index (χ2v) is 7.98. The standard InChI is InChI=1S/C20H24N2O2S/c23-19(17-9-6-14-25-17)22-13-10-20(24,16-7-2-1-3-8-16)18(15-22)21-11-4-5-12-21/h1-3,6-9,14,18,24H,4-5,10-13,15H2/t18-,20+/m1/s1. The number of likely N-dealkylation sites (tertiary alicyclic amines) is 2. The van der Waals surface area contributed by atoms with Crippen LogP contribution in [0.15, 0.2) is 47.8 Å². The van der Waals surface area contributed by atoms with Gasteiger partial charge in [-0.05, 0) is 49.4 Å². The van der Waals surface area contributed by atoms with E-state index in [0.717, 1.165) is 23.5 Å². The maximum absolute atomic E-state index is 12.8. The van der Waals surface area contributed by atoms with E-state index in [0.29, 0.717) is 19.5 Å². The van der Waals surface area contributed by atoms with Gasteiger partial charge in [0.1, 0.15) is 5.60 Å². The first kappa shape index (κ1) is 16.8. The van der Waals surface area contributed by atoms with Gasteiger partial charge in [0.15, 0.2) is 0 Å². The number of carbonyl (C=O) groups is 1. The molecule has 132 valence electrons. The Bertz CT molecular complexity index is 713. The van der Waals surface area contributed by atoms with E-state index in [1.165, 1.54) is 24.2 Å². The lowest BCUT2D eigenvalue weighted by Crippen LogP contribution is -2.61. The van der Waals surface area contributed by atoms with Crippen LogP contribution in [0.5, 0.6) is 0 Å². The molecule has 1 N–H and O–H groups in total. The minimum atomic E-state index is -0.891. The van der Waals surface area contributed by atoms with Gasteiger partial charge in [-0.25, -0.2) is 0 Å². The van der Waals surface area contributed by atoms with Crippen LogP contribution in [-0.4, -0.2) is 53.0 Å². The van der Waals surface area contributed by atoms with Crippen molar-refractivity contribution in [3.05, 3.63) is 58.3 Å². The quantitative estimate of drug-likeness (QED) is 0.920. The number of aliphatic hydroxyl groups is 1. The number of nitrogens with zero attached hydrogens (tertiary/aromatic N) is 2. The topological polar surface area (TPSA) is 43.8 Å². The summed E-state index contributed by atoms with van der Waals surface area (Å²) in [4.78, 5) is 17.9. The monoisotopic (exact) mass is 356 g/mol. The Morgan fingerprint density at radius 3 is 2.52 bits per heavy atom. The molecule has 0 bridgehead atoms. The molecule has 5 heteroatoms. The van der Waals surface area contributed by atoms with E-state index < -0.39 is 5.60 Å². The van der Waals surface area contributed by atoms with E-state index in [-0.39, 0.29) is 11.9 Å². The number of hydrogen-bond donors (Lipinski definition) is 1. The number of piperidine rings is 1. The van der Waals surface area contributed by atoms with Gasteiger partial charge in [-0.3, -0.25) is 9.69 Å². The van der Waals surface area contributed by atoms with Gasteiger partial charge in [0, 0.05) is 13.1 Å². The molecule has 0 radical (unpaired) electrons. The van der Waals surface area contributed by atoms with Crippen molar-refractivity contribution < 1.29 is 9.90 Å². The van der Waals surface area contributed by atoms with Crippen molar-refractivity contribution in [3.63, 3.8) is 0 Å². The predicted octanol–water partition coefficient (Wildman–Crippen LogP) is 2.95. The third-order valence-electron chi connectivity index (χ3n) is 5.58. The Morgan fingerprint density at radius 1 is 1.08 bits per heavy atom. The fourth-order valence-corrected chi connectivity index (χ4v) is 4.89. The van der Waals surface area contributed by atoms with Gasteiger partial charge in [-0.15, -0.1) is 11.3 Å². The molecule has 2 aromatic rings. The molecule has 4 nitrogen and oxygen atoms in total. The second kappa shape index (κ2) is 6.90. The summed E-state index contributed by atoms with van der Waals surface area (Å²) >= 11 is 1.49. The van der Waals surface area contributed by atoms with Crippen molar-refractivity contribution in [2.24, 2.45) is 0 Å². The molecule has 2 atom stereocenters.